The lowest BCUT2D eigenvalue weighted by Gasteiger charge is -2.29. The number of piperazine rings is 1. The molecule has 1 fully saturated rings. The first-order chi connectivity index (χ1) is 15.2. The summed E-state index contributed by atoms with van der Waals surface area (Å²) in [6, 6.07) is 17.3. The van der Waals surface area contributed by atoms with Crippen molar-refractivity contribution in [3.05, 3.63) is 76.9 Å². The maximum absolute atomic E-state index is 12.6. The van der Waals surface area contributed by atoms with Crippen LogP contribution >= 0.6 is 0 Å². The van der Waals surface area contributed by atoms with Gasteiger partial charge in [-0.05, 0) is 60.9 Å². The van der Waals surface area contributed by atoms with Crippen molar-refractivity contribution in [3.63, 3.8) is 0 Å². The second-order valence-electron chi connectivity index (χ2n) is 9.22. The zero-order chi connectivity index (χ0) is 21.5. The van der Waals surface area contributed by atoms with E-state index in [0.717, 1.165) is 32.7 Å². The second kappa shape index (κ2) is 10.7. The fourth-order valence-electron chi connectivity index (χ4n) is 4.89. The van der Waals surface area contributed by atoms with Crippen LogP contribution in [0.5, 0.6) is 0 Å². The summed E-state index contributed by atoms with van der Waals surface area (Å²) in [4.78, 5) is 15.7. The van der Waals surface area contributed by atoms with Crippen LogP contribution < -0.4 is 15.1 Å². The molecule has 2 aromatic rings. The van der Waals surface area contributed by atoms with Gasteiger partial charge in [-0.25, -0.2) is 0 Å². The number of carbonyl (C=O) groups is 1. The molecular weight excluding hydrogens is 382 g/mol. The fraction of sp³-hybridized carbons (Fsp3) is 0.444. The Balaban J connectivity index is 1.19. The molecule has 1 aliphatic heterocycles. The molecule has 4 rings (SSSR count). The molecular formula is C27H37N3O+2. The van der Waals surface area contributed by atoms with Gasteiger partial charge >= 0.3 is 0 Å². The average Bonchev–Trinajstić information content (AvgIpc) is 2.80. The zero-order valence-corrected chi connectivity index (χ0v) is 18.8. The highest BCUT2D eigenvalue weighted by Crippen LogP contribution is 2.24. The third-order valence-corrected chi connectivity index (χ3v) is 6.84. The van der Waals surface area contributed by atoms with E-state index in [1.807, 2.05) is 6.07 Å². The summed E-state index contributed by atoms with van der Waals surface area (Å²) in [5, 5.41) is 3.24. The molecule has 4 heteroatoms. The molecule has 0 saturated carbocycles. The van der Waals surface area contributed by atoms with E-state index in [2.05, 4.69) is 66.9 Å². The number of hydrogen-bond acceptors (Lipinski definition) is 1. The summed E-state index contributed by atoms with van der Waals surface area (Å²) in [7, 11) is 0. The number of amides is 1. The molecule has 0 bridgehead atoms. The number of hydrogen-bond donors (Lipinski definition) is 3. The molecule has 1 atom stereocenters. The van der Waals surface area contributed by atoms with Crippen molar-refractivity contribution in [2.24, 2.45) is 0 Å². The van der Waals surface area contributed by atoms with Crippen LogP contribution in [-0.2, 0) is 17.6 Å². The molecule has 1 amide bonds. The maximum atomic E-state index is 12.6. The van der Waals surface area contributed by atoms with E-state index in [1.165, 1.54) is 52.8 Å². The van der Waals surface area contributed by atoms with Crippen molar-refractivity contribution in [1.29, 1.82) is 0 Å². The molecule has 2 aliphatic rings. The van der Waals surface area contributed by atoms with E-state index in [0.29, 0.717) is 6.54 Å². The molecule has 164 valence electrons. The van der Waals surface area contributed by atoms with Crippen molar-refractivity contribution >= 4 is 12.0 Å². The van der Waals surface area contributed by atoms with Crippen molar-refractivity contribution in [2.45, 2.75) is 38.6 Å². The number of nitrogens with one attached hydrogen (secondary N) is 3. The number of fused-ring (bicyclic) bond motifs is 1. The Bertz CT molecular complexity index is 885. The number of carbonyl (C=O) groups excluding carboxylic acids is 1. The van der Waals surface area contributed by atoms with E-state index in [9.17, 15) is 4.79 Å². The van der Waals surface area contributed by atoms with Crippen molar-refractivity contribution in [1.82, 2.24) is 5.32 Å². The largest absolute Gasteiger partial charge is 0.345 e. The quantitative estimate of drug-likeness (QED) is 0.621. The first-order valence-electron chi connectivity index (χ1n) is 12.0. The van der Waals surface area contributed by atoms with Gasteiger partial charge in [0, 0.05) is 0 Å². The number of benzene rings is 2. The molecule has 1 aliphatic carbocycles. The van der Waals surface area contributed by atoms with E-state index >= 15 is 0 Å². The van der Waals surface area contributed by atoms with Gasteiger partial charge in [0.1, 0.15) is 26.2 Å². The fourth-order valence-corrected chi connectivity index (χ4v) is 4.89. The summed E-state index contributed by atoms with van der Waals surface area (Å²) in [6.45, 7) is 8.14. The Labute approximate surface area is 186 Å². The molecule has 0 spiro atoms. The van der Waals surface area contributed by atoms with Crippen LogP contribution in [0.2, 0.25) is 0 Å². The van der Waals surface area contributed by atoms with Crippen LogP contribution in [0.1, 0.15) is 48.1 Å². The lowest BCUT2D eigenvalue weighted by molar-refractivity contribution is -1.01. The van der Waals surface area contributed by atoms with Crippen molar-refractivity contribution < 1.29 is 14.6 Å². The molecule has 0 aromatic heterocycles. The van der Waals surface area contributed by atoms with Gasteiger partial charge in [0.25, 0.3) is 5.91 Å². The van der Waals surface area contributed by atoms with Gasteiger partial charge in [-0.3, -0.25) is 4.79 Å². The zero-order valence-electron chi connectivity index (χ0n) is 18.8. The van der Waals surface area contributed by atoms with Crippen LogP contribution in [0.25, 0.3) is 6.08 Å². The predicted octanol–water partition coefficient (Wildman–Crippen LogP) is 1.24. The third-order valence-electron chi connectivity index (χ3n) is 6.84. The average molecular weight is 420 g/mol. The Morgan fingerprint density at radius 1 is 0.968 bits per heavy atom. The molecule has 0 unspecified atom stereocenters. The lowest BCUT2D eigenvalue weighted by atomic mass is 9.89. The van der Waals surface area contributed by atoms with Crippen LogP contribution in [0, 0.1) is 0 Å². The monoisotopic (exact) mass is 419 g/mol. The van der Waals surface area contributed by atoms with Crippen LogP contribution in [0.3, 0.4) is 0 Å². The van der Waals surface area contributed by atoms with Gasteiger partial charge in [-0.2, -0.15) is 0 Å². The predicted molar refractivity (Wildman–Crippen MR) is 126 cm³/mol. The molecule has 4 nitrogen and oxygen atoms in total. The Kier molecular flexibility index (Phi) is 7.55. The Morgan fingerprint density at radius 2 is 1.68 bits per heavy atom. The molecule has 3 N–H and O–H groups in total. The first-order valence-corrected chi connectivity index (χ1v) is 12.0. The summed E-state index contributed by atoms with van der Waals surface area (Å²) >= 11 is 0. The van der Waals surface area contributed by atoms with Crippen molar-refractivity contribution in [3.8, 4) is 0 Å². The smallest absolute Gasteiger partial charge is 0.275 e. The minimum absolute atomic E-state index is 0.0779. The Hall–Kier alpha value is -2.43. The highest BCUT2D eigenvalue weighted by atomic mass is 16.2. The third kappa shape index (κ3) is 6.28. The Morgan fingerprint density at radius 3 is 2.45 bits per heavy atom. The standard InChI is InChI=1S/C27H35N3O/c1-22(25-14-13-24-11-5-6-12-26(24)20-25)28-27(31)21-30-18-16-29(17-19-30)15-7-10-23-8-3-2-4-9-23/h2-4,7-10,13-14,20,22H,5-6,11-12,15-19,21H2,1H3,(H,28,31)/p+2/b10-7+/t22-/m0/s1. The highest BCUT2D eigenvalue weighted by molar-refractivity contribution is 5.77. The molecule has 0 radical (unpaired) electrons. The highest BCUT2D eigenvalue weighted by Gasteiger charge is 2.24. The lowest BCUT2D eigenvalue weighted by Crippen LogP contribution is -3.28. The van der Waals surface area contributed by atoms with Gasteiger partial charge in [0.2, 0.25) is 0 Å². The van der Waals surface area contributed by atoms with Gasteiger partial charge in [-0.15, -0.1) is 0 Å². The topological polar surface area (TPSA) is 38.0 Å². The van der Waals surface area contributed by atoms with E-state index in [-0.39, 0.29) is 11.9 Å². The van der Waals surface area contributed by atoms with Crippen LogP contribution in [0.15, 0.2) is 54.6 Å². The summed E-state index contributed by atoms with van der Waals surface area (Å²) in [6.07, 6.45) is 9.47. The molecule has 2 aromatic carbocycles. The van der Waals surface area contributed by atoms with Gasteiger partial charge in [0.15, 0.2) is 6.54 Å². The summed E-state index contributed by atoms with van der Waals surface area (Å²) < 4.78 is 0. The molecule has 31 heavy (non-hydrogen) atoms. The summed E-state index contributed by atoms with van der Waals surface area (Å²) in [5.74, 6) is 0.174. The number of rotatable bonds is 7. The van der Waals surface area contributed by atoms with E-state index < -0.39 is 0 Å². The molecule has 1 heterocycles. The van der Waals surface area contributed by atoms with Gasteiger partial charge in [-0.1, -0.05) is 54.6 Å². The number of quaternary nitrogens is 2. The van der Waals surface area contributed by atoms with E-state index in [1.54, 1.807) is 4.90 Å². The minimum Gasteiger partial charge on any atom is -0.345 e. The maximum Gasteiger partial charge on any atom is 0.275 e. The number of aryl methyl sites for hydroxylation is 2. The van der Waals surface area contributed by atoms with Gasteiger partial charge in [0.05, 0.1) is 12.6 Å². The van der Waals surface area contributed by atoms with Crippen LogP contribution in [-0.4, -0.2) is 45.2 Å². The normalized spacial score (nSPS) is 22.1. The summed E-state index contributed by atoms with van der Waals surface area (Å²) in [5.41, 5.74) is 5.48. The van der Waals surface area contributed by atoms with Crippen LogP contribution in [0.4, 0.5) is 0 Å². The molecule has 1 saturated heterocycles. The second-order valence-corrected chi connectivity index (χ2v) is 9.22. The van der Waals surface area contributed by atoms with Gasteiger partial charge < -0.3 is 15.1 Å². The first kappa shape index (κ1) is 21.8. The minimum atomic E-state index is 0.0779. The van der Waals surface area contributed by atoms with Crippen molar-refractivity contribution in [2.75, 3.05) is 39.3 Å². The van der Waals surface area contributed by atoms with E-state index in [4.69, 9.17) is 0 Å². The SMILES string of the molecule is C[C@H](NC(=O)C[NH+]1CC[NH+](C/C=C/c2ccccc2)CC1)c1ccc2c(c1)CCCC2.